The van der Waals surface area contributed by atoms with Crippen LogP contribution in [-0.4, -0.2) is 29.0 Å². The maximum atomic E-state index is 13.4. The summed E-state index contributed by atoms with van der Waals surface area (Å²) in [6.45, 7) is 0. The zero-order valence-electron chi connectivity index (χ0n) is 19.0. The van der Waals surface area contributed by atoms with Gasteiger partial charge in [0.25, 0.3) is 0 Å². The van der Waals surface area contributed by atoms with Crippen molar-refractivity contribution in [3.8, 4) is 39.1 Å². The fourth-order valence-corrected chi connectivity index (χ4v) is 4.27. The number of benzene rings is 3. The molecule has 174 valence electrons. The molecule has 0 aliphatic heterocycles. The number of thiazole rings is 1. The first-order valence-corrected chi connectivity index (χ1v) is 11.6. The van der Waals surface area contributed by atoms with Crippen LogP contribution in [0.15, 0.2) is 99.3 Å². The van der Waals surface area contributed by atoms with Crippen LogP contribution in [0.3, 0.4) is 0 Å². The molecule has 0 fully saturated rings. The number of ether oxygens (including phenoxy) is 2. The van der Waals surface area contributed by atoms with Gasteiger partial charge in [-0.2, -0.15) is 9.80 Å². The van der Waals surface area contributed by atoms with Gasteiger partial charge in [0.15, 0.2) is 5.69 Å². The van der Waals surface area contributed by atoms with Crippen molar-refractivity contribution in [2.75, 3.05) is 14.2 Å². The van der Waals surface area contributed by atoms with Gasteiger partial charge in [0.05, 0.1) is 31.3 Å². The molecule has 9 heteroatoms. The minimum atomic E-state index is -0.336. The van der Waals surface area contributed by atoms with E-state index in [-0.39, 0.29) is 11.2 Å². The van der Waals surface area contributed by atoms with Crippen LogP contribution in [0.2, 0.25) is 0 Å². The molecular formula is C26H21N5O3S. The van der Waals surface area contributed by atoms with E-state index in [0.717, 1.165) is 22.6 Å². The Kier molecular flexibility index (Phi) is 6.23. The molecule has 0 aliphatic rings. The van der Waals surface area contributed by atoms with Crippen LogP contribution in [0.25, 0.3) is 27.6 Å². The van der Waals surface area contributed by atoms with Crippen LogP contribution in [0.1, 0.15) is 0 Å². The lowest BCUT2D eigenvalue weighted by Gasteiger charge is -2.00. The van der Waals surface area contributed by atoms with E-state index in [1.165, 1.54) is 16.0 Å². The summed E-state index contributed by atoms with van der Waals surface area (Å²) in [6, 6.07) is 24.3. The summed E-state index contributed by atoms with van der Waals surface area (Å²) in [5, 5.41) is 14.2. The van der Waals surface area contributed by atoms with Crippen molar-refractivity contribution < 1.29 is 9.47 Å². The predicted molar refractivity (Wildman–Crippen MR) is 137 cm³/mol. The van der Waals surface area contributed by atoms with Crippen molar-refractivity contribution >= 4 is 22.7 Å². The molecule has 0 saturated heterocycles. The summed E-state index contributed by atoms with van der Waals surface area (Å²) in [6.07, 6.45) is 0. The average molecular weight is 484 g/mol. The second-order valence-electron chi connectivity index (χ2n) is 7.48. The maximum Gasteiger partial charge on any atom is 0.301 e. The summed E-state index contributed by atoms with van der Waals surface area (Å²) >= 11 is 1.36. The number of nitrogens with one attached hydrogen (secondary N) is 1. The van der Waals surface area contributed by atoms with E-state index in [0.29, 0.717) is 22.3 Å². The Morgan fingerprint density at radius 3 is 2.14 bits per heavy atom. The molecule has 5 aromatic rings. The van der Waals surface area contributed by atoms with E-state index in [1.54, 1.807) is 38.5 Å². The van der Waals surface area contributed by atoms with Crippen molar-refractivity contribution in [3.63, 3.8) is 0 Å². The van der Waals surface area contributed by atoms with Crippen LogP contribution >= 0.6 is 11.3 Å². The number of aromatic amines is 1. The Morgan fingerprint density at radius 1 is 0.829 bits per heavy atom. The Morgan fingerprint density at radius 2 is 1.49 bits per heavy atom. The van der Waals surface area contributed by atoms with Gasteiger partial charge in [-0.05, 0) is 48.5 Å². The Hall–Kier alpha value is -4.50. The molecule has 8 nitrogen and oxygen atoms in total. The standard InChI is InChI=1S/C26H21N5O3S/c1-33-20-12-8-17(9-13-20)22-16-35-26(27-22)31-25(32)24(23(30-31)18-6-4-3-5-7-18)29-28-19-10-14-21(34-2)15-11-19/h3-16,30H,1-2H3. The molecule has 1 N–H and O–H groups in total. The first-order valence-electron chi connectivity index (χ1n) is 10.7. The second kappa shape index (κ2) is 9.78. The molecule has 0 aliphatic carbocycles. The normalized spacial score (nSPS) is 11.1. The number of hydrogen-bond donors (Lipinski definition) is 1. The van der Waals surface area contributed by atoms with Crippen LogP contribution in [0, 0.1) is 0 Å². The van der Waals surface area contributed by atoms with Gasteiger partial charge in [-0.1, -0.05) is 30.3 Å². The number of aromatic nitrogens is 3. The summed E-state index contributed by atoms with van der Waals surface area (Å²) in [5.41, 5.74) is 3.54. The Bertz CT molecular complexity index is 1520. The fourth-order valence-electron chi connectivity index (χ4n) is 3.48. The fraction of sp³-hybridized carbons (Fsp3) is 0.0769. The lowest BCUT2D eigenvalue weighted by molar-refractivity contribution is 0.414. The van der Waals surface area contributed by atoms with Crippen LogP contribution < -0.4 is 15.0 Å². The highest BCUT2D eigenvalue weighted by Crippen LogP contribution is 2.30. The number of hydrogen-bond acceptors (Lipinski definition) is 7. The maximum absolute atomic E-state index is 13.4. The lowest BCUT2D eigenvalue weighted by atomic mass is 10.1. The smallest absolute Gasteiger partial charge is 0.301 e. The SMILES string of the molecule is COc1ccc(N=Nc2c(-c3ccccc3)[nH]n(-c3nc(-c4ccc(OC)cc4)cs3)c2=O)cc1. The van der Waals surface area contributed by atoms with Crippen LogP contribution in [0.5, 0.6) is 11.5 Å². The van der Waals surface area contributed by atoms with Gasteiger partial charge >= 0.3 is 5.56 Å². The highest BCUT2D eigenvalue weighted by atomic mass is 32.1. The van der Waals surface area contributed by atoms with E-state index >= 15 is 0 Å². The second-order valence-corrected chi connectivity index (χ2v) is 8.32. The molecule has 0 radical (unpaired) electrons. The van der Waals surface area contributed by atoms with Crippen molar-refractivity contribution in [2.45, 2.75) is 0 Å². The van der Waals surface area contributed by atoms with Gasteiger partial charge in [-0.25, -0.2) is 4.98 Å². The van der Waals surface area contributed by atoms with Gasteiger partial charge in [-0.15, -0.1) is 16.5 Å². The van der Waals surface area contributed by atoms with Gasteiger partial charge in [-0.3, -0.25) is 9.89 Å². The van der Waals surface area contributed by atoms with Gasteiger partial charge in [0, 0.05) is 16.5 Å². The molecule has 0 spiro atoms. The van der Waals surface area contributed by atoms with Crippen molar-refractivity contribution in [1.29, 1.82) is 0 Å². The number of methoxy groups -OCH3 is 2. The molecular weight excluding hydrogens is 462 g/mol. The molecule has 0 amide bonds. The molecule has 0 unspecified atom stereocenters. The Labute approximate surface area is 205 Å². The van der Waals surface area contributed by atoms with Crippen LogP contribution in [0.4, 0.5) is 11.4 Å². The molecule has 0 bridgehead atoms. The number of H-pyrrole nitrogens is 1. The molecule has 0 saturated carbocycles. The lowest BCUT2D eigenvalue weighted by Crippen LogP contribution is -2.13. The minimum absolute atomic E-state index is 0.202. The average Bonchev–Trinajstić information content (AvgIpc) is 3.53. The monoisotopic (exact) mass is 483 g/mol. The molecule has 2 heterocycles. The molecule has 2 aromatic heterocycles. The molecule has 3 aromatic carbocycles. The van der Waals surface area contributed by atoms with E-state index < -0.39 is 0 Å². The van der Waals surface area contributed by atoms with Crippen molar-refractivity contribution in [3.05, 3.63) is 94.6 Å². The number of rotatable bonds is 7. The molecule has 0 atom stereocenters. The third kappa shape index (κ3) is 4.62. The summed E-state index contributed by atoms with van der Waals surface area (Å²) in [5.74, 6) is 1.48. The predicted octanol–water partition coefficient (Wildman–Crippen LogP) is 6.39. The number of azo groups is 1. The van der Waals surface area contributed by atoms with Crippen molar-refractivity contribution in [2.24, 2.45) is 10.2 Å². The summed E-state index contributed by atoms with van der Waals surface area (Å²) in [4.78, 5) is 18.1. The Balaban J connectivity index is 1.55. The summed E-state index contributed by atoms with van der Waals surface area (Å²) in [7, 11) is 3.23. The topological polar surface area (TPSA) is 93.9 Å². The highest BCUT2D eigenvalue weighted by Gasteiger charge is 2.19. The van der Waals surface area contributed by atoms with E-state index in [4.69, 9.17) is 9.47 Å². The minimum Gasteiger partial charge on any atom is -0.497 e. The molecule has 5 rings (SSSR count). The zero-order chi connectivity index (χ0) is 24.2. The van der Waals surface area contributed by atoms with E-state index in [9.17, 15) is 4.79 Å². The number of nitrogens with zero attached hydrogens (tertiary/aromatic N) is 4. The highest BCUT2D eigenvalue weighted by molar-refractivity contribution is 7.12. The molecule has 35 heavy (non-hydrogen) atoms. The van der Waals surface area contributed by atoms with Gasteiger partial charge in [0.2, 0.25) is 5.13 Å². The van der Waals surface area contributed by atoms with Crippen molar-refractivity contribution in [1.82, 2.24) is 14.8 Å². The summed E-state index contributed by atoms with van der Waals surface area (Å²) < 4.78 is 11.8. The zero-order valence-corrected chi connectivity index (χ0v) is 19.8. The van der Waals surface area contributed by atoms with Gasteiger partial charge < -0.3 is 9.47 Å². The third-order valence-electron chi connectivity index (χ3n) is 5.34. The van der Waals surface area contributed by atoms with E-state index in [1.807, 2.05) is 60.0 Å². The first kappa shape index (κ1) is 22.3. The van der Waals surface area contributed by atoms with Gasteiger partial charge in [0.1, 0.15) is 11.5 Å². The quantitative estimate of drug-likeness (QED) is 0.272. The third-order valence-corrected chi connectivity index (χ3v) is 6.16. The van der Waals surface area contributed by atoms with E-state index in [2.05, 4.69) is 20.3 Å². The van der Waals surface area contributed by atoms with Crippen LogP contribution in [-0.2, 0) is 0 Å². The first-order chi connectivity index (χ1) is 17.2. The largest absolute Gasteiger partial charge is 0.497 e.